The summed E-state index contributed by atoms with van der Waals surface area (Å²) in [5.41, 5.74) is 1.70. The molecule has 1 amide bonds. The normalized spacial score (nSPS) is 10.5. The Morgan fingerprint density at radius 2 is 2.12 bits per heavy atom. The van der Waals surface area contributed by atoms with Crippen molar-refractivity contribution in [1.82, 2.24) is 10.3 Å². The molecule has 0 aliphatic heterocycles. The number of aryl methyl sites for hydroxylation is 1. The number of nitrogens with zero attached hydrogens (tertiary/aromatic N) is 1. The quantitative estimate of drug-likeness (QED) is 0.692. The Hall–Kier alpha value is -2.93. The zero-order valence-electron chi connectivity index (χ0n) is 14.2. The van der Waals surface area contributed by atoms with E-state index in [2.05, 4.69) is 10.3 Å². The molecule has 0 bridgehead atoms. The first-order valence-electron chi connectivity index (χ1n) is 8.10. The number of carbonyl (C=O) groups is 1. The van der Waals surface area contributed by atoms with Gasteiger partial charge in [-0.3, -0.25) is 9.59 Å². The number of aromatic nitrogens is 1. The zero-order valence-corrected chi connectivity index (χ0v) is 15.0. The highest BCUT2D eigenvalue weighted by Crippen LogP contribution is 2.21. The minimum Gasteiger partial charge on any atom is -0.477 e. The summed E-state index contributed by atoms with van der Waals surface area (Å²) in [7, 11) is 0. The molecular weight excluding hydrogens is 352 g/mol. The summed E-state index contributed by atoms with van der Waals surface area (Å²) in [6.45, 7) is 1.88. The number of benzene rings is 1. The maximum atomic E-state index is 11.8. The molecule has 0 saturated carbocycles. The van der Waals surface area contributed by atoms with Crippen LogP contribution in [0.25, 0.3) is 11.3 Å². The summed E-state index contributed by atoms with van der Waals surface area (Å²) < 4.78 is 10.3. The van der Waals surface area contributed by atoms with Gasteiger partial charge >= 0.3 is 0 Å². The average molecular weight is 370 g/mol. The number of nitrogens with one attached hydrogen (secondary N) is 1. The summed E-state index contributed by atoms with van der Waals surface area (Å²) in [5, 5.41) is 5.71. The summed E-state index contributed by atoms with van der Waals surface area (Å²) in [4.78, 5) is 28.0. The number of thiazole rings is 1. The highest BCUT2D eigenvalue weighted by atomic mass is 32.1. The third-order valence-corrected chi connectivity index (χ3v) is 4.48. The Labute approximate surface area is 154 Å². The van der Waals surface area contributed by atoms with Gasteiger partial charge in [-0.15, -0.1) is 11.3 Å². The smallest absolute Gasteiger partial charge is 0.257 e. The SMILES string of the molecule is Cc1cc(=O)c(OCC(=O)NCCc2nc(-c3ccccc3)cs2)co1. The number of hydrogen-bond acceptors (Lipinski definition) is 6. The van der Waals surface area contributed by atoms with Crippen molar-refractivity contribution in [3.05, 3.63) is 69.0 Å². The van der Waals surface area contributed by atoms with Crippen molar-refractivity contribution >= 4 is 17.2 Å². The van der Waals surface area contributed by atoms with Crippen LogP contribution in [0.15, 0.2) is 57.3 Å². The van der Waals surface area contributed by atoms with E-state index in [9.17, 15) is 9.59 Å². The second kappa shape index (κ2) is 8.44. The second-order valence-electron chi connectivity index (χ2n) is 5.60. The predicted octanol–water partition coefficient (Wildman–Crippen LogP) is 2.81. The minimum absolute atomic E-state index is 0.0261. The maximum absolute atomic E-state index is 11.8. The van der Waals surface area contributed by atoms with Gasteiger partial charge < -0.3 is 14.5 Å². The van der Waals surface area contributed by atoms with E-state index in [0.29, 0.717) is 18.7 Å². The lowest BCUT2D eigenvalue weighted by Crippen LogP contribution is -2.31. The molecule has 0 atom stereocenters. The van der Waals surface area contributed by atoms with Gasteiger partial charge in [-0.25, -0.2) is 4.98 Å². The molecule has 2 aromatic heterocycles. The first-order chi connectivity index (χ1) is 12.6. The molecule has 0 unspecified atom stereocenters. The van der Waals surface area contributed by atoms with Crippen LogP contribution in [0.3, 0.4) is 0 Å². The summed E-state index contributed by atoms with van der Waals surface area (Å²) in [6, 6.07) is 11.3. The Balaban J connectivity index is 1.44. The van der Waals surface area contributed by atoms with Crippen LogP contribution in [0.1, 0.15) is 10.8 Å². The van der Waals surface area contributed by atoms with Crippen LogP contribution >= 0.6 is 11.3 Å². The zero-order chi connectivity index (χ0) is 18.4. The van der Waals surface area contributed by atoms with Gasteiger partial charge in [0.1, 0.15) is 12.0 Å². The van der Waals surface area contributed by atoms with E-state index in [1.54, 1.807) is 18.3 Å². The van der Waals surface area contributed by atoms with Crippen LogP contribution in [0, 0.1) is 6.92 Å². The summed E-state index contributed by atoms with van der Waals surface area (Å²) in [6.07, 6.45) is 1.85. The van der Waals surface area contributed by atoms with Crippen LogP contribution in [-0.4, -0.2) is 24.0 Å². The highest BCUT2D eigenvalue weighted by molar-refractivity contribution is 7.09. The Morgan fingerprint density at radius 3 is 2.88 bits per heavy atom. The molecule has 3 aromatic rings. The standard InChI is InChI=1S/C19H18N2O4S/c1-13-9-16(22)17(10-24-13)25-11-18(23)20-8-7-19-21-15(12-26-19)14-5-3-2-4-6-14/h2-6,9-10,12H,7-8,11H2,1H3,(H,20,23). The van der Waals surface area contributed by atoms with E-state index in [-0.39, 0.29) is 23.7 Å². The van der Waals surface area contributed by atoms with Gasteiger partial charge in [-0.2, -0.15) is 0 Å². The molecule has 26 heavy (non-hydrogen) atoms. The van der Waals surface area contributed by atoms with Gasteiger partial charge in [-0.1, -0.05) is 30.3 Å². The van der Waals surface area contributed by atoms with Crippen molar-refractivity contribution in [2.45, 2.75) is 13.3 Å². The van der Waals surface area contributed by atoms with E-state index < -0.39 is 0 Å². The molecule has 0 saturated heterocycles. The lowest BCUT2D eigenvalue weighted by Gasteiger charge is -2.06. The van der Waals surface area contributed by atoms with Gasteiger partial charge in [-0.05, 0) is 6.92 Å². The molecule has 0 fully saturated rings. The van der Waals surface area contributed by atoms with Crippen LogP contribution in [0.2, 0.25) is 0 Å². The Kier molecular flexibility index (Phi) is 5.80. The van der Waals surface area contributed by atoms with Crippen LogP contribution < -0.4 is 15.5 Å². The number of carbonyl (C=O) groups excluding carboxylic acids is 1. The van der Waals surface area contributed by atoms with E-state index in [1.807, 2.05) is 35.7 Å². The number of hydrogen-bond donors (Lipinski definition) is 1. The van der Waals surface area contributed by atoms with Crippen molar-refractivity contribution in [3.8, 4) is 17.0 Å². The first-order valence-corrected chi connectivity index (χ1v) is 8.98. The van der Waals surface area contributed by atoms with Crippen LogP contribution in [-0.2, 0) is 11.2 Å². The minimum atomic E-state index is -0.308. The van der Waals surface area contributed by atoms with Crippen molar-refractivity contribution in [3.63, 3.8) is 0 Å². The number of amides is 1. The number of ether oxygens (including phenoxy) is 1. The fraction of sp³-hybridized carbons (Fsp3) is 0.211. The molecule has 0 aliphatic rings. The van der Waals surface area contributed by atoms with E-state index in [0.717, 1.165) is 16.3 Å². The van der Waals surface area contributed by atoms with Gasteiger partial charge in [0.05, 0.1) is 10.7 Å². The number of rotatable bonds is 7. The Bertz CT molecular complexity index is 934. The molecule has 3 rings (SSSR count). The fourth-order valence-electron chi connectivity index (χ4n) is 2.27. The van der Waals surface area contributed by atoms with Crippen molar-refractivity contribution in [1.29, 1.82) is 0 Å². The van der Waals surface area contributed by atoms with Gasteiger partial charge in [0.25, 0.3) is 5.91 Å². The average Bonchev–Trinajstić information content (AvgIpc) is 3.11. The largest absolute Gasteiger partial charge is 0.477 e. The van der Waals surface area contributed by atoms with Crippen molar-refractivity contribution in [2.75, 3.05) is 13.2 Å². The second-order valence-corrected chi connectivity index (χ2v) is 6.54. The van der Waals surface area contributed by atoms with E-state index >= 15 is 0 Å². The molecule has 1 aromatic carbocycles. The molecule has 0 radical (unpaired) electrons. The van der Waals surface area contributed by atoms with E-state index in [1.165, 1.54) is 12.3 Å². The van der Waals surface area contributed by atoms with Crippen molar-refractivity contribution in [2.24, 2.45) is 0 Å². The molecule has 0 spiro atoms. The lowest BCUT2D eigenvalue weighted by molar-refractivity contribution is -0.123. The molecule has 1 N–H and O–H groups in total. The highest BCUT2D eigenvalue weighted by Gasteiger charge is 2.08. The third kappa shape index (κ3) is 4.80. The monoisotopic (exact) mass is 370 g/mol. The molecule has 134 valence electrons. The van der Waals surface area contributed by atoms with Gasteiger partial charge in [0.2, 0.25) is 11.2 Å². The molecule has 6 nitrogen and oxygen atoms in total. The Morgan fingerprint density at radius 1 is 1.31 bits per heavy atom. The maximum Gasteiger partial charge on any atom is 0.257 e. The molecular formula is C19H18N2O4S. The molecule has 0 aliphatic carbocycles. The first kappa shape index (κ1) is 17.9. The van der Waals surface area contributed by atoms with Crippen LogP contribution in [0.5, 0.6) is 5.75 Å². The van der Waals surface area contributed by atoms with Crippen LogP contribution in [0.4, 0.5) is 0 Å². The van der Waals surface area contributed by atoms with Crippen molar-refractivity contribution < 1.29 is 13.9 Å². The molecule has 2 heterocycles. The summed E-state index contributed by atoms with van der Waals surface area (Å²) >= 11 is 1.56. The van der Waals surface area contributed by atoms with Gasteiger partial charge in [0, 0.05) is 30.0 Å². The lowest BCUT2D eigenvalue weighted by atomic mass is 10.2. The fourth-order valence-corrected chi connectivity index (χ4v) is 3.08. The topological polar surface area (TPSA) is 81.4 Å². The third-order valence-electron chi connectivity index (χ3n) is 3.57. The molecule has 7 heteroatoms. The predicted molar refractivity (Wildman–Crippen MR) is 99.5 cm³/mol. The summed E-state index contributed by atoms with van der Waals surface area (Å²) in [5.74, 6) is 0.216. The van der Waals surface area contributed by atoms with E-state index in [4.69, 9.17) is 9.15 Å². The van der Waals surface area contributed by atoms with Gasteiger partial charge in [0.15, 0.2) is 6.61 Å².